The zero-order valence-electron chi connectivity index (χ0n) is 10.8. The van der Waals surface area contributed by atoms with E-state index in [1.54, 1.807) is 18.2 Å². The van der Waals surface area contributed by atoms with E-state index < -0.39 is 5.91 Å². The Morgan fingerprint density at radius 2 is 1.90 bits per heavy atom. The summed E-state index contributed by atoms with van der Waals surface area (Å²) in [6.07, 6.45) is 0. The Kier molecular flexibility index (Phi) is 3.94. The second kappa shape index (κ2) is 5.83. The number of amides is 1. The molecule has 2 aromatic carbocycles. The van der Waals surface area contributed by atoms with Gasteiger partial charge in [-0.1, -0.05) is 17.3 Å². The molecule has 0 spiro atoms. The molecule has 0 saturated heterocycles. The van der Waals surface area contributed by atoms with Crippen LogP contribution >= 0.6 is 0 Å². The molecule has 0 aliphatic rings. The number of nitrogens with two attached hydrogens (primary N) is 1. The predicted octanol–water partition coefficient (Wildman–Crippen LogP) is 1.44. The summed E-state index contributed by atoms with van der Waals surface area (Å²) in [4.78, 5) is 12.0. The first kappa shape index (κ1) is 14.2. The summed E-state index contributed by atoms with van der Waals surface area (Å²) in [6, 6.07) is 10.0. The van der Waals surface area contributed by atoms with Crippen LogP contribution in [0.3, 0.4) is 0 Å². The minimum atomic E-state index is -0.552. The van der Waals surface area contributed by atoms with Crippen molar-refractivity contribution in [3.8, 4) is 11.5 Å². The summed E-state index contributed by atoms with van der Waals surface area (Å²) in [5.74, 6) is -1.11. The molecule has 7 heteroatoms. The predicted molar refractivity (Wildman–Crippen MR) is 76.7 cm³/mol. The lowest BCUT2D eigenvalue weighted by atomic mass is 10.1. The van der Waals surface area contributed by atoms with Gasteiger partial charge >= 0.3 is 0 Å². The summed E-state index contributed by atoms with van der Waals surface area (Å²) in [5, 5.41) is 32.9. The first-order chi connectivity index (χ1) is 10.0. The van der Waals surface area contributed by atoms with Gasteiger partial charge in [0, 0.05) is 17.3 Å². The Morgan fingerprint density at radius 3 is 2.57 bits per heavy atom. The number of nitrogens with zero attached hydrogens (tertiary/aromatic N) is 1. The fourth-order valence-electron chi connectivity index (χ4n) is 1.72. The van der Waals surface area contributed by atoms with Crippen molar-refractivity contribution in [2.45, 2.75) is 0 Å². The highest BCUT2D eigenvalue weighted by atomic mass is 16.4. The fourth-order valence-corrected chi connectivity index (χ4v) is 1.72. The number of hydrogen-bond donors (Lipinski definition) is 5. The van der Waals surface area contributed by atoms with Crippen LogP contribution in [0.25, 0.3) is 0 Å². The average Bonchev–Trinajstić information content (AvgIpc) is 2.46. The molecule has 0 bridgehead atoms. The second-order valence-corrected chi connectivity index (χ2v) is 4.22. The van der Waals surface area contributed by atoms with Gasteiger partial charge in [-0.2, -0.15) is 0 Å². The first-order valence-electron chi connectivity index (χ1n) is 5.92. The molecule has 6 N–H and O–H groups in total. The van der Waals surface area contributed by atoms with Gasteiger partial charge in [0.05, 0.1) is 5.56 Å². The third-order valence-corrected chi connectivity index (χ3v) is 2.75. The van der Waals surface area contributed by atoms with E-state index in [0.717, 1.165) is 6.07 Å². The van der Waals surface area contributed by atoms with Crippen LogP contribution in [-0.4, -0.2) is 27.2 Å². The van der Waals surface area contributed by atoms with E-state index >= 15 is 0 Å². The second-order valence-electron chi connectivity index (χ2n) is 4.22. The molecular formula is C14H13N3O4. The van der Waals surface area contributed by atoms with Crippen molar-refractivity contribution in [3.05, 3.63) is 53.6 Å². The Bertz CT molecular complexity index is 713. The number of oxime groups is 1. The Hall–Kier alpha value is -3.22. The van der Waals surface area contributed by atoms with Gasteiger partial charge in [0.2, 0.25) is 0 Å². The Balaban J connectivity index is 2.23. The zero-order chi connectivity index (χ0) is 15.4. The number of hydrogen-bond acceptors (Lipinski definition) is 5. The maximum atomic E-state index is 12.0. The molecule has 0 saturated carbocycles. The summed E-state index contributed by atoms with van der Waals surface area (Å²) in [5.41, 5.74) is 6.33. The highest BCUT2D eigenvalue weighted by molar-refractivity contribution is 6.07. The van der Waals surface area contributed by atoms with Gasteiger partial charge in [-0.05, 0) is 24.3 Å². The molecule has 0 unspecified atom stereocenters. The highest BCUT2D eigenvalue weighted by Crippen LogP contribution is 2.23. The lowest BCUT2D eigenvalue weighted by Crippen LogP contribution is -2.15. The molecule has 0 radical (unpaired) electrons. The smallest absolute Gasteiger partial charge is 0.259 e. The minimum absolute atomic E-state index is 0.0157. The van der Waals surface area contributed by atoms with Crippen molar-refractivity contribution in [3.63, 3.8) is 0 Å². The van der Waals surface area contributed by atoms with Crippen molar-refractivity contribution in [2.24, 2.45) is 10.9 Å². The molecule has 0 atom stereocenters. The third kappa shape index (κ3) is 3.21. The molecule has 2 rings (SSSR count). The van der Waals surface area contributed by atoms with Gasteiger partial charge in [-0.25, -0.2) is 0 Å². The fraction of sp³-hybridized carbons (Fsp3) is 0. The standard InChI is InChI=1S/C14H13N3O4/c15-13(17-21)8-2-1-3-9(6-8)16-14(20)11-5-4-10(18)7-12(11)19/h1-7,18-19,21H,(H2,15,17)(H,16,20). The van der Waals surface area contributed by atoms with E-state index in [2.05, 4.69) is 10.5 Å². The van der Waals surface area contributed by atoms with Crippen LogP contribution in [0.1, 0.15) is 15.9 Å². The number of anilines is 1. The van der Waals surface area contributed by atoms with Crippen LogP contribution in [0.5, 0.6) is 11.5 Å². The van der Waals surface area contributed by atoms with Crippen LogP contribution < -0.4 is 11.1 Å². The van der Waals surface area contributed by atoms with E-state index in [1.807, 2.05) is 0 Å². The highest BCUT2D eigenvalue weighted by Gasteiger charge is 2.12. The van der Waals surface area contributed by atoms with E-state index in [1.165, 1.54) is 18.2 Å². The SMILES string of the molecule is N/C(=N/O)c1cccc(NC(=O)c2ccc(O)cc2O)c1. The van der Waals surface area contributed by atoms with Gasteiger partial charge in [0.25, 0.3) is 5.91 Å². The number of rotatable bonds is 3. The van der Waals surface area contributed by atoms with E-state index in [-0.39, 0.29) is 22.9 Å². The maximum absolute atomic E-state index is 12.0. The summed E-state index contributed by atoms with van der Waals surface area (Å²) < 4.78 is 0. The monoisotopic (exact) mass is 287 g/mol. The number of amidine groups is 1. The zero-order valence-corrected chi connectivity index (χ0v) is 10.8. The molecule has 7 nitrogen and oxygen atoms in total. The van der Waals surface area contributed by atoms with Crippen LogP contribution in [0, 0.1) is 0 Å². The Labute approximate surface area is 120 Å². The molecule has 0 fully saturated rings. The van der Waals surface area contributed by atoms with Crippen LogP contribution in [0.15, 0.2) is 47.6 Å². The topological polar surface area (TPSA) is 128 Å². The number of carbonyl (C=O) groups excluding carboxylic acids is 1. The largest absolute Gasteiger partial charge is 0.508 e. The molecule has 108 valence electrons. The van der Waals surface area contributed by atoms with Gasteiger partial charge in [0.1, 0.15) is 11.5 Å². The van der Waals surface area contributed by atoms with E-state index in [0.29, 0.717) is 11.3 Å². The molecule has 0 aromatic heterocycles. The van der Waals surface area contributed by atoms with E-state index in [9.17, 15) is 15.0 Å². The average molecular weight is 287 g/mol. The quantitative estimate of drug-likeness (QED) is 0.252. The van der Waals surface area contributed by atoms with Gasteiger partial charge in [0.15, 0.2) is 5.84 Å². The molecular weight excluding hydrogens is 274 g/mol. The molecule has 2 aromatic rings. The number of phenols is 2. The summed E-state index contributed by atoms with van der Waals surface area (Å²) >= 11 is 0. The van der Waals surface area contributed by atoms with Crippen molar-refractivity contribution in [1.82, 2.24) is 0 Å². The number of carbonyl (C=O) groups is 1. The molecule has 0 heterocycles. The summed E-state index contributed by atoms with van der Waals surface area (Å²) in [7, 11) is 0. The van der Waals surface area contributed by atoms with E-state index in [4.69, 9.17) is 10.9 Å². The molecule has 0 aliphatic heterocycles. The molecule has 0 aliphatic carbocycles. The van der Waals surface area contributed by atoms with Crippen molar-refractivity contribution in [1.29, 1.82) is 0 Å². The van der Waals surface area contributed by atoms with Crippen LogP contribution in [0.4, 0.5) is 5.69 Å². The van der Waals surface area contributed by atoms with Crippen LogP contribution in [0.2, 0.25) is 0 Å². The van der Waals surface area contributed by atoms with Crippen molar-refractivity contribution in [2.75, 3.05) is 5.32 Å². The third-order valence-electron chi connectivity index (χ3n) is 2.75. The van der Waals surface area contributed by atoms with Gasteiger partial charge in [-0.3, -0.25) is 4.79 Å². The number of nitrogens with one attached hydrogen (secondary N) is 1. The number of aromatic hydroxyl groups is 2. The van der Waals surface area contributed by atoms with Crippen LogP contribution in [-0.2, 0) is 0 Å². The molecule has 21 heavy (non-hydrogen) atoms. The van der Waals surface area contributed by atoms with Crippen molar-refractivity contribution >= 4 is 17.4 Å². The van der Waals surface area contributed by atoms with Gasteiger partial charge in [-0.15, -0.1) is 0 Å². The normalized spacial score (nSPS) is 11.1. The number of benzene rings is 2. The lowest BCUT2D eigenvalue weighted by molar-refractivity contribution is 0.102. The molecule has 1 amide bonds. The first-order valence-corrected chi connectivity index (χ1v) is 5.92. The Morgan fingerprint density at radius 1 is 1.14 bits per heavy atom. The maximum Gasteiger partial charge on any atom is 0.259 e. The van der Waals surface area contributed by atoms with Crippen molar-refractivity contribution < 1.29 is 20.2 Å². The minimum Gasteiger partial charge on any atom is -0.508 e. The van der Waals surface area contributed by atoms with Gasteiger partial charge < -0.3 is 26.5 Å². The number of phenolic OH excluding ortho intramolecular Hbond substituents is 2. The summed E-state index contributed by atoms with van der Waals surface area (Å²) in [6.45, 7) is 0. The lowest BCUT2D eigenvalue weighted by Gasteiger charge is -2.08.